The van der Waals surface area contributed by atoms with Gasteiger partial charge < -0.3 is 14.6 Å². The van der Waals surface area contributed by atoms with Crippen LogP contribution in [0.4, 0.5) is 0 Å². The summed E-state index contributed by atoms with van der Waals surface area (Å²) < 4.78 is 12.3. The highest BCUT2D eigenvalue weighted by atomic mass is 35.5. The van der Waals surface area contributed by atoms with E-state index in [-0.39, 0.29) is 24.1 Å². The van der Waals surface area contributed by atoms with Gasteiger partial charge in [0.25, 0.3) is 11.4 Å². The molecule has 1 unspecified atom stereocenters. The Bertz CT molecular complexity index is 1390. The molecule has 1 aromatic carbocycles. The molecule has 1 saturated heterocycles. The number of fused-ring (bicyclic) bond motifs is 1. The van der Waals surface area contributed by atoms with Crippen molar-refractivity contribution in [2.45, 2.75) is 32.4 Å². The molecule has 1 N–H and O–H groups in total. The summed E-state index contributed by atoms with van der Waals surface area (Å²) in [5.41, 5.74) is 1.12. The molecule has 1 aliphatic rings. The van der Waals surface area contributed by atoms with Crippen LogP contribution >= 0.6 is 22.9 Å². The lowest BCUT2D eigenvalue weighted by Crippen LogP contribution is -2.36. The van der Waals surface area contributed by atoms with E-state index in [2.05, 4.69) is 20.4 Å². The highest BCUT2D eigenvalue weighted by Gasteiger charge is 2.21. The SMILES string of the molecule is Cc1c(-c2nc(-c3cccc(Cl)c3)no2)sc2ncn(CC(=O)NCC3CCCO3)c(=O)c12. The van der Waals surface area contributed by atoms with Crippen molar-refractivity contribution in [3.63, 3.8) is 0 Å². The van der Waals surface area contributed by atoms with Gasteiger partial charge in [-0.3, -0.25) is 14.2 Å². The smallest absolute Gasteiger partial charge is 0.268 e. The lowest BCUT2D eigenvalue weighted by Gasteiger charge is -2.11. The highest BCUT2D eigenvalue weighted by Crippen LogP contribution is 2.35. The van der Waals surface area contributed by atoms with Gasteiger partial charge in [-0.15, -0.1) is 11.3 Å². The van der Waals surface area contributed by atoms with Gasteiger partial charge >= 0.3 is 0 Å². The number of carbonyl (C=O) groups excluding carboxylic acids is 1. The first-order chi connectivity index (χ1) is 16.0. The quantitative estimate of drug-likeness (QED) is 0.445. The fraction of sp³-hybridized carbons (Fsp3) is 0.318. The number of hydrogen-bond donors (Lipinski definition) is 1. The van der Waals surface area contributed by atoms with Crippen molar-refractivity contribution < 1.29 is 14.1 Å². The standard InChI is InChI=1S/C22H20ClN5O4S/c1-12-17-21(25-11-28(22(17)30)10-16(29)24-9-15-6-3-7-31-15)33-18(12)20-26-19(27-32-20)13-4-2-5-14(23)8-13/h2,4-5,8,11,15H,3,6-7,9-10H2,1H3,(H,24,29). The largest absolute Gasteiger partial charge is 0.376 e. The third-order valence-electron chi connectivity index (χ3n) is 5.49. The Hall–Kier alpha value is -3.08. The number of benzene rings is 1. The Morgan fingerprint density at radius 2 is 2.27 bits per heavy atom. The van der Waals surface area contributed by atoms with E-state index in [1.165, 1.54) is 22.2 Å². The normalized spacial score (nSPS) is 15.9. The van der Waals surface area contributed by atoms with Crippen molar-refractivity contribution in [3.8, 4) is 22.2 Å². The van der Waals surface area contributed by atoms with Gasteiger partial charge in [-0.05, 0) is 37.5 Å². The van der Waals surface area contributed by atoms with Gasteiger partial charge in [0.15, 0.2) is 0 Å². The molecule has 5 rings (SSSR count). The second-order valence-electron chi connectivity index (χ2n) is 7.79. The zero-order valence-corrected chi connectivity index (χ0v) is 19.3. The third kappa shape index (κ3) is 4.41. The van der Waals surface area contributed by atoms with Crippen LogP contribution in [-0.4, -0.2) is 44.9 Å². The zero-order valence-electron chi connectivity index (χ0n) is 17.7. The summed E-state index contributed by atoms with van der Waals surface area (Å²) in [6, 6.07) is 7.16. The summed E-state index contributed by atoms with van der Waals surface area (Å²) in [6.07, 6.45) is 3.36. The van der Waals surface area contributed by atoms with Crippen LogP contribution in [0.2, 0.25) is 5.02 Å². The molecule has 0 bridgehead atoms. The van der Waals surface area contributed by atoms with E-state index >= 15 is 0 Å². The van der Waals surface area contributed by atoms with Crippen molar-refractivity contribution in [1.29, 1.82) is 0 Å². The number of hydrogen-bond acceptors (Lipinski definition) is 8. The lowest BCUT2D eigenvalue weighted by molar-refractivity contribution is -0.122. The summed E-state index contributed by atoms with van der Waals surface area (Å²) in [5, 5.41) is 7.88. The van der Waals surface area contributed by atoms with Crippen LogP contribution in [0.3, 0.4) is 0 Å². The average molecular weight is 486 g/mol. The number of ether oxygens (including phenoxy) is 1. The second-order valence-corrected chi connectivity index (χ2v) is 9.22. The van der Waals surface area contributed by atoms with Gasteiger partial charge in [0, 0.05) is 23.7 Å². The molecule has 9 nitrogen and oxygen atoms in total. The molecule has 0 spiro atoms. The zero-order chi connectivity index (χ0) is 22.9. The van der Waals surface area contributed by atoms with Crippen molar-refractivity contribution >= 4 is 39.1 Å². The number of thiophene rings is 1. The molecule has 1 fully saturated rings. The van der Waals surface area contributed by atoms with Crippen LogP contribution in [0.1, 0.15) is 18.4 Å². The van der Waals surface area contributed by atoms with Gasteiger partial charge in [0.2, 0.25) is 11.7 Å². The van der Waals surface area contributed by atoms with Gasteiger partial charge in [-0.1, -0.05) is 28.9 Å². The number of amides is 1. The summed E-state index contributed by atoms with van der Waals surface area (Å²) in [7, 11) is 0. The van der Waals surface area contributed by atoms with Gasteiger partial charge in [-0.2, -0.15) is 4.98 Å². The van der Waals surface area contributed by atoms with E-state index < -0.39 is 0 Å². The van der Waals surface area contributed by atoms with E-state index in [0.29, 0.717) is 43.9 Å². The minimum atomic E-state index is -0.290. The van der Waals surface area contributed by atoms with E-state index in [4.69, 9.17) is 20.9 Å². The van der Waals surface area contributed by atoms with Crippen molar-refractivity contribution in [2.75, 3.05) is 13.2 Å². The van der Waals surface area contributed by atoms with Crippen LogP contribution < -0.4 is 10.9 Å². The van der Waals surface area contributed by atoms with Crippen LogP contribution in [0.5, 0.6) is 0 Å². The highest BCUT2D eigenvalue weighted by molar-refractivity contribution is 7.22. The van der Waals surface area contributed by atoms with Crippen molar-refractivity contribution in [3.05, 3.63) is 51.5 Å². The molecule has 1 aliphatic heterocycles. The predicted molar refractivity (Wildman–Crippen MR) is 124 cm³/mol. The summed E-state index contributed by atoms with van der Waals surface area (Å²) in [6.45, 7) is 2.86. The first-order valence-corrected chi connectivity index (χ1v) is 11.7. The molecule has 1 atom stereocenters. The van der Waals surface area contributed by atoms with Crippen molar-refractivity contribution in [2.24, 2.45) is 0 Å². The van der Waals surface area contributed by atoms with Gasteiger partial charge in [0.05, 0.1) is 22.7 Å². The first kappa shape index (κ1) is 21.7. The molecule has 3 aromatic heterocycles. The Balaban J connectivity index is 1.40. The molecule has 0 radical (unpaired) electrons. The maximum atomic E-state index is 13.1. The van der Waals surface area contributed by atoms with Crippen LogP contribution in [0, 0.1) is 6.92 Å². The molecule has 0 saturated carbocycles. The monoisotopic (exact) mass is 485 g/mol. The number of carbonyl (C=O) groups is 1. The molecule has 33 heavy (non-hydrogen) atoms. The van der Waals surface area contributed by atoms with E-state index in [9.17, 15) is 9.59 Å². The van der Waals surface area contributed by atoms with Gasteiger partial charge in [-0.25, -0.2) is 4.98 Å². The van der Waals surface area contributed by atoms with Crippen LogP contribution in [0.15, 0.2) is 39.9 Å². The Morgan fingerprint density at radius 1 is 1.39 bits per heavy atom. The number of aromatic nitrogens is 4. The molecular weight excluding hydrogens is 466 g/mol. The molecule has 4 heterocycles. The predicted octanol–water partition coefficient (Wildman–Crippen LogP) is 3.43. The third-order valence-corrected chi connectivity index (χ3v) is 6.91. The van der Waals surface area contributed by atoms with Gasteiger partial charge in [0.1, 0.15) is 11.4 Å². The number of halogens is 1. The molecule has 170 valence electrons. The fourth-order valence-corrected chi connectivity index (χ4v) is 5.03. The molecule has 4 aromatic rings. The number of nitrogens with zero attached hydrogens (tertiary/aromatic N) is 4. The second kappa shape index (κ2) is 9.05. The minimum absolute atomic E-state index is 0.0409. The molecule has 1 amide bonds. The average Bonchev–Trinajstić information content (AvgIpc) is 3.55. The minimum Gasteiger partial charge on any atom is -0.376 e. The molecule has 0 aliphatic carbocycles. The summed E-state index contributed by atoms with van der Waals surface area (Å²) >= 11 is 7.35. The molecule has 11 heteroatoms. The van der Waals surface area contributed by atoms with Crippen LogP contribution in [0.25, 0.3) is 32.4 Å². The van der Waals surface area contributed by atoms with E-state index in [1.807, 2.05) is 19.1 Å². The Kier molecular flexibility index (Phi) is 5.96. The maximum absolute atomic E-state index is 13.1. The lowest BCUT2D eigenvalue weighted by atomic mass is 10.2. The Labute approximate surface area is 197 Å². The van der Waals surface area contributed by atoms with Crippen molar-refractivity contribution in [1.82, 2.24) is 25.0 Å². The number of nitrogens with one attached hydrogen (secondary N) is 1. The number of rotatable bonds is 6. The topological polar surface area (TPSA) is 112 Å². The van der Waals surface area contributed by atoms with E-state index in [1.54, 1.807) is 12.1 Å². The number of aryl methyl sites for hydroxylation is 1. The Morgan fingerprint density at radius 3 is 3.06 bits per heavy atom. The first-order valence-electron chi connectivity index (χ1n) is 10.5. The summed E-state index contributed by atoms with van der Waals surface area (Å²) in [4.78, 5) is 35.5. The molecular formula is C22H20ClN5O4S. The summed E-state index contributed by atoms with van der Waals surface area (Å²) in [5.74, 6) is 0.438. The van der Waals surface area contributed by atoms with E-state index in [0.717, 1.165) is 25.0 Å². The van der Waals surface area contributed by atoms with Crippen LogP contribution in [-0.2, 0) is 16.1 Å². The fourth-order valence-electron chi connectivity index (χ4n) is 3.78. The maximum Gasteiger partial charge on any atom is 0.268 e.